The SMILES string of the molecule is CCCCC(C)(CNC(C)=O)Nc1nc(N)nc2cc(Cl)cnc12. The number of unbranched alkanes of at least 4 members (excludes halogenated alkanes) is 1. The normalized spacial score (nSPS) is 13.5. The smallest absolute Gasteiger partial charge is 0.222 e. The van der Waals surface area contributed by atoms with E-state index in [4.69, 9.17) is 17.3 Å². The van der Waals surface area contributed by atoms with Gasteiger partial charge in [-0.3, -0.25) is 4.79 Å². The van der Waals surface area contributed by atoms with Crippen molar-refractivity contribution in [2.75, 3.05) is 17.6 Å². The third-order valence-electron chi connectivity index (χ3n) is 3.75. The van der Waals surface area contributed by atoms with Gasteiger partial charge < -0.3 is 16.4 Å². The molecular formula is C16H23ClN6O. The summed E-state index contributed by atoms with van der Waals surface area (Å²) in [4.78, 5) is 24.1. The quantitative estimate of drug-likeness (QED) is 0.709. The lowest BCUT2D eigenvalue weighted by atomic mass is 9.94. The molecule has 1 amide bonds. The Morgan fingerprint density at radius 2 is 2.17 bits per heavy atom. The van der Waals surface area contributed by atoms with Crippen LogP contribution in [0.25, 0.3) is 11.0 Å². The molecule has 130 valence electrons. The van der Waals surface area contributed by atoms with Crippen LogP contribution in [0.1, 0.15) is 40.0 Å². The molecule has 0 bridgehead atoms. The van der Waals surface area contributed by atoms with Crippen molar-refractivity contribution in [3.05, 3.63) is 17.3 Å². The van der Waals surface area contributed by atoms with Gasteiger partial charge in [0.15, 0.2) is 5.82 Å². The van der Waals surface area contributed by atoms with E-state index >= 15 is 0 Å². The van der Waals surface area contributed by atoms with Crippen LogP contribution >= 0.6 is 11.6 Å². The number of pyridine rings is 1. The minimum atomic E-state index is -0.378. The van der Waals surface area contributed by atoms with Gasteiger partial charge in [0.25, 0.3) is 0 Å². The molecule has 0 spiro atoms. The van der Waals surface area contributed by atoms with Crippen LogP contribution < -0.4 is 16.4 Å². The van der Waals surface area contributed by atoms with Crippen LogP contribution in [0, 0.1) is 0 Å². The number of fused-ring (bicyclic) bond motifs is 1. The van der Waals surface area contributed by atoms with E-state index in [9.17, 15) is 4.79 Å². The number of nitrogen functional groups attached to an aromatic ring is 1. The van der Waals surface area contributed by atoms with E-state index in [0.717, 1.165) is 19.3 Å². The van der Waals surface area contributed by atoms with Crippen LogP contribution in [0.15, 0.2) is 12.3 Å². The summed E-state index contributed by atoms with van der Waals surface area (Å²) in [7, 11) is 0. The predicted octanol–water partition coefficient (Wildman–Crippen LogP) is 2.76. The molecule has 7 nitrogen and oxygen atoms in total. The van der Waals surface area contributed by atoms with Crippen molar-refractivity contribution in [3.63, 3.8) is 0 Å². The van der Waals surface area contributed by atoms with Gasteiger partial charge in [0.1, 0.15) is 5.52 Å². The molecule has 0 saturated heterocycles. The minimum absolute atomic E-state index is 0.0727. The lowest BCUT2D eigenvalue weighted by molar-refractivity contribution is -0.119. The summed E-state index contributed by atoms with van der Waals surface area (Å²) in [5, 5.41) is 6.75. The highest BCUT2D eigenvalue weighted by Crippen LogP contribution is 2.26. The molecule has 1 atom stereocenters. The molecule has 4 N–H and O–H groups in total. The molecule has 0 fully saturated rings. The number of halogens is 1. The monoisotopic (exact) mass is 350 g/mol. The standard InChI is InChI=1S/C16H23ClN6O/c1-4-5-6-16(3,9-20-10(2)24)23-14-13-12(21-15(18)22-14)7-11(17)8-19-13/h7-8H,4-6,9H2,1-3H3,(H,20,24)(H3,18,21,22,23). The van der Waals surface area contributed by atoms with Gasteiger partial charge in [0.2, 0.25) is 11.9 Å². The third kappa shape index (κ3) is 4.67. The number of amides is 1. The van der Waals surface area contributed by atoms with E-state index in [-0.39, 0.29) is 17.4 Å². The molecule has 2 aromatic heterocycles. The Balaban J connectivity index is 2.37. The molecule has 0 aliphatic heterocycles. The topological polar surface area (TPSA) is 106 Å². The Morgan fingerprint density at radius 1 is 1.42 bits per heavy atom. The second kappa shape index (κ2) is 7.61. The number of carbonyl (C=O) groups is 1. The molecule has 0 aliphatic rings. The molecule has 0 radical (unpaired) electrons. The van der Waals surface area contributed by atoms with Gasteiger partial charge in [-0.2, -0.15) is 4.98 Å². The highest BCUT2D eigenvalue weighted by Gasteiger charge is 2.26. The molecule has 2 heterocycles. The fourth-order valence-electron chi connectivity index (χ4n) is 2.47. The average Bonchev–Trinajstić information content (AvgIpc) is 2.50. The van der Waals surface area contributed by atoms with Crippen molar-refractivity contribution in [1.29, 1.82) is 0 Å². The first-order valence-electron chi connectivity index (χ1n) is 7.94. The number of anilines is 2. The van der Waals surface area contributed by atoms with E-state index in [0.29, 0.717) is 28.4 Å². The third-order valence-corrected chi connectivity index (χ3v) is 3.96. The van der Waals surface area contributed by atoms with Crippen LogP contribution in [0.4, 0.5) is 11.8 Å². The predicted molar refractivity (Wildman–Crippen MR) is 97.0 cm³/mol. The van der Waals surface area contributed by atoms with Crippen LogP contribution in [-0.4, -0.2) is 32.9 Å². The Bertz CT molecular complexity index is 733. The molecule has 0 aromatic carbocycles. The second-order valence-corrected chi connectivity index (χ2v) is 6.59. The maximum Gasteiger partial charge on any atom is 0.222 e. The highest BCUT2D eigenvalue weighted by atomic mass is 35.5. The molecule has 0 saturated carbocycles. The number of nitrogens with one attached hydrogen (secondary N) is 2. The number of rotatable bonds is 7. The lowest BCUT2D eigenvalue weighted by Gasteiger charge is -2.32. The Morgan fingerprint density at radius 3 is 2.83 bits per heavy atom. The number of nitrogens with two attached hydrogens (primary N) is 1. The van der Waals surface area contributed by atoms with Crippen LogP contribution in [-0.2, 0) is 4.79 Å². The van der Waals surface area contributed by atoms with Crippen molar-refractivity contribution < 1.29 is 4.79 Å². The first kappa shape index (κ1) is 18.2. The summed E-state index contributed by atoms with van der Waals surface area (Å²) in [6.45, 7) is 6.14. The zero-order valence-electron chi connectivity index (χ0n) is 14.2. The van der Waals surface area contributed by atoms with Gasteiger partial charge in [-0.25, -0.2) is 9.97 Å². The van der Waals surface area contributed by atoms with Crippen molar-refractivity contribution in [3.8, 4) is 0 Å². The van der Waals surface area contributed by atoms with E-state index < -0.39 is 0 Å². The summed E-state index contributed by atoms with van der Waals surface area (Å²) in [5.41, 5.74) is 6.61. The molecule has 2 aromatic rings. The first-order valence-corrected chi connectivity index (χ1v) is 8.32. The summed E-state index contributed by atoms with van der Waals surface area (Å²) >= 11 is 5.98. The summed E-state index contributed by atoms with van der Waals surface area (Å²) < 4.78 is 0. The summed E-state index contributed by atoms with van der Waals surface area (Å²) in [6, 6.07) is 1.70. The van der Waals surface area contributed by atoms with Crippen molar-refractivity contribution in [2.24, 2.45) is 0 Å². The van der Waals surface area contributed by atoms with Gasteiger partial charge >= 0.3 is 0 Å². The van der Waals surface area contributed by atoms with E-state index in [1.165, 1.54) is 6.92 Å². The Hall–Kier alpha value is -2.15. The Kier molecular flexibility index (Phi) is 5.77. The molecule has 1 unspecified atom stereocenters. The Labute approximate surface area is 146 Å². The van der Waals surface area contributed by atoms with Gasteiger partial charge in [0, 0.05) is 19.7 Å². The fraction of sp³-hybridized carbons (Fsp3) is 0.500. The average molecular weight is 351 g/mol. The van der Waals surface area contributed by atoms with Crippen molar-refractivity contribution in [2.45, 2.75) is 45.6 Å². The molecule has 8 heteroatoms. The number of carbonyl (C=O) groups excluding carboxylic acids is 1. The molecule has 2 rings (SSSR count). The van der Waals surface area contributed by atoms with Gasteiger partial charge in [0.05, 0.1) is 16.1 Å². The molecule has 0 aliphatic carbocycles. The lowest BCUT2D eigenvalue weighted by Crippen LogP contribution is -2.46. The minimum Gasteiger partial charge on any atom is -0.368 e. The van der Waals surface area contributed by atoms with Crippen molar-refractivity contribution in [1.82, 2.24) is 20.3 Å². The summed E-state index contributed by atoms with van der Waals surface area (Å²) in [6.07, 6.45) is 4.48. The highest BCUT2D eigenvalue weighted by molar-refractivity contribution is 6.31. The fourth-order valence-corrected chi connectivity index (χ4v) is 2.62. The second-order valence-electron chi connectivity index (χ2n) is 6.15. The van der Waals surface area contributed by atoms with Gasteiger partial charge in [-0.05, 0) is 19.4 Å². The zero-order valence-corrected chi connectivity index (χ0v) is 14.9. The maximum absolute atomic E-state index is 11.3. The molecule has 24 heavy (non-hydrogen) atoms. The van der Waals surface area contributed by atoms with Crippen molar-refractivity contribution >= 4 is 40.3 Å². The molecular weight excluding hydrogens is 328 g/mol. The van der Waals surface area contributed by atoms with Gasteiger partial charge in [-0.15, -0.1) is 0 Å². The van der Waals surface area contributed by atoms with Crippen LogP contribution in [0.5, 0.6) is 0 Å². The largest absolute Gasteiger partial charge is 0.368 e. The van der Waals surface area contributed by atoms with Gasteiger partial charge in [-0.1, -0.05) is 31.4 Å². The van der Waals surface area contributed by atoms with E-state index in [1.54, 1.807) is 12.3 Å². The number of nitrogens with zero attached hydrogens (tertiary/aromatic N) is 3. The van der Waals surface area contributed by atoms with E-state index in [2.05, 4.69) is 32.5 Å². The van der Waals surface area contributed by atoms with Crippen LogP contribution in [0.2, 0.25) is 5.02 Å². The number of hydrogen-bond donors (Lipinski definition) is 3. The first-order chi connectivity index (χ1) is 11.3. The summed E-state index contributed by atoms with van der Waals surface area (Å²) in [5.74, 6) is 0.612. The van der Waals surface area contributed by atoms with E-state index in [1.807, 2.05) is 6.92 Å². The number of hydrogen-bond acceptors (Lipinski definition) is 6. The number of aromatic nitrogens is 3. The zero-order chi connectivity index (χ0) is 17.7. The van der Waals surface area contributed by atoms with Crippen LogP contribution in [0.3, 0.4) is 0 Å². The maximum atomic E-state index is 11.3.